The van der Waals surface area contributed by atoms with Crippen LogP contribution in [0.25, 0.3) is 0 Å². The summed E-state index contributed by atoms with van der Waals surface area (Å²) in [5.74, 6) is 0. The van der Waals surface area contributed by atoms with Crippen LogP contribution in [0.3, 0.4) is 0 Å². The normalized spacial score (nSPS) is 13.9. The zero-order chi connectivity index (χ0) is 13.8. The summed E-state index contributed by atoms with van der Waals surface area (Å²) in [5.41, 5.74) is 5.91. The number of alkyl halides is 3. The predicted molar refractivity (Wildman–Crippen MR) is 66.0 cm³/mol. The molecule has 0 saturated carbocycles. The van der Waals surface area contributed by atoms with Gasteiger partial charge in [-0.1, -0.05) is 12.1 Å². The fraction of sp³-hybridized carbons (Fsp3) is 0.538. The maximum atomic E-state index is 12.4. The molecule has 5 heteroatoms. The van der Waals surface area contributed by atoms with E-state index in [1.807, 2.05) is 18.9 Å². The highest BCUT2D eigenvalue weighted by atomic mass is 19.4. The molecule has 0 aliphatic heterocycles. The van der Waals surface area contributed by atoms with E-state index in [9.17, 15) is 13.2 Å². The third-order valence-electron chi connectivity index (χ3n) is 2.70. The zero-order valence-corrected chi connectivity index (χ0v) is 10.7. The lowest BCUT2D eigenvalue weighted by molar-refractivity contribution is -0.137. The van der Waals surface area contributed by atoms with Crippen molar-refractivity contribution in [2.45, 2.75) is 32.1 Å². The largest absolute Gasteiger partial charge is 0.416 e. The number of nitrogens with zero attached hydrogens (tertiary/aromatic N) is 1. The lowest BCUT2D eigenvalue weighted by Crippen LogP contribution is -2.25. The number of hydrogen-bond donors (Lipinski definition) is 1. The first kappa shape index (κ1) is 15.0. The molecule has 0 bridgehead atoms. The van der Waals surface area contributed by atoms with Crippen LogP contribution in [-0.4, -0.2) is 24.5 Å². The van der Waals surface area contributed by atoms with Gasteiger partial charge in [0.15, 0.2) is 0 Å². The summed E-state index contributed by atoms with van der Waals surface area (Å²) >= 11 is 0. The zero-order valence-electron chi connectivity index (χ0n) is 10.7. The third-order valence-corrected chi connectivity index (χ3v) is 2.70. The van der Waals surface area contributed by atoms with Crippen LogP contribution in [0.2, 0.25) is 0 Å². The van der Waals surface area contributed by atoms with Gasteiger partial charge in [-0.05, 0) is 44.6 Å². The molecular formula is C13H19F3N2. The van der Waals surface area contributed by atoms with Gasteiger partial charge in [-0.15, -0.1) is 0 Å². The highest BCUT2D eigenvalue weighted by Gasteiger charge is 2.29. The van der Waals surface area contributed by atoms with Crippen LogP contribution in [0, 0.1) is 0 Å². The summed E-state index contributed by atoms with van der Waals surface area (Å²) in [5, 5.41) is 0. The molecule has 0 radical (unpaired) electrons. The molecule has 1 aromatic carbocycles. The smallest absolute Gasteiger partial charge is 0.328 e. The van der Waals surface area contributed by atoms with E-state index in [4.69, 9.17) is 5.73 Å². The quantitative estimate of drug-likeness (QED) is 0.882. The first-order valence-corrected chi connectivity index (χ1v) is 5.89. The average Bonchev–Trinajstić information content (AvgIpc) is 2.26. The second kappa shape index (κ2) is 6.20. The molecule has 1 atom stereocenters. The minimum Gasteiger partial charge on any atom is -0.328 e. The van der Waals surface area contributed by atoms with Crippen molar-refractivity contribution in [2.75, 3.05) is 13.6 Å². The second-order valence-corrected chi connectivity index (χ2v) is 4.70. The Hall–Kier alpha value is -1.07. The lowest BCUT2D eigenvalue weighted by atomic mass is 10.1. The van der Waals surface area contributed by atoms with Crippen LogP contribution >= 0.6 is 0 Å². The van der Waals surface area contributed by atoms with Crippen molar-refractivity contribution in [2.24, 2.45) is 5.73 Å². The molecule has 18 heavy (non-hydrogen) atoms. The maximum absolute atomic E-state index is 12.4. The fourth-order valence-corrected chi connectivity index (χ4v) is 1.61. The Morgan fingerprint density at radius 2 is 1.78 bits per heavy atom. The van der Waals surface area contributed by atoms with E-state index in [0.717, 1.165) is 30.7 Å². The van der Waals surface area contributed by atoms with Crippen molar-refractivity contribution in [3.05, 3.63) is 35.4 Å². The lowest BCUT2D eigenvalue weighted by Gasteiger charge is -2.18. The topological polar surface area (TPSA) is 29.3 Å². The predicted octanol–water partition coefficient (Wildman–Crippen LogP) is 2.87. The molecular weight excluding hydrogens is 241 g/mol. The number of benzene rings is 1. The minimum absolute atomic E-state index is 0.139. The molecule has 1 unspecified atom stereocenters. The van der Waals surface area contributed by atoms with Gasteiger partial charge in [0.05, 0.1) is 5.56 Å². The molecule has 1 rings (SSSR count). The molecule has 0 fully saturated rings. The second-order valence-electron chi connectivity index (χ2n) is 4.70. The van der Waals surface area contributed by atoms with Crippen LogP contribution in [0.15, 0.2) is 24.3 Å². The number of hydrogen-bond acceptors (Lipinski definition) is 2. The highest BCUT2D eigenvalue weighted by Crippen LogP contribution is 2.29. The Morgan fingerprint density at radius 1 is 1.22 bits per heavy atom. The van der Waals surface area contributed by atoms with E-state index < -0.39 is 11.7 Å². The van der Waals surface area contributed by atoms with Gasteiger partial charge in [0.2, 0.25) is 0 Å². The van der Waals surface area contributed by atoms with E-state index >= 15 is 0 Å². The Balaban J connectivity index is 2.53. The first-order chi connectivity index (χ1) is 8.29. The molecule has 0 aliphatic carbocycles. The third kappa shape index (κ3) is 5.06. The van der Waals surface area contributed by atoms with Crippen LogP contribution in [0.1, 0.15) is 24.5 Å². The Bertz CT molecular complexity index is 357. The van der Waals surface area contributed by atoms with Gasteiger partial charge in [-0.2, -0.15) is 13.2 Å². The van der Waals surface area contributed by atoms with Crippen molar-refractivity contribution in [1.29, 1.82) is 0 Å². The van der Waals surface area contributed by atoms with Crippen LogP contribution in [-0.2, 0) is 12.7 Å². The van der Waals surface area contributed by atoms with Gasteiger partial charge in [0, 0.05) is 12.6 Å². The van der Waals surface area contributed by atoms with Crippen molar-refractivity contribution in [1.82, 2.24) is 4.90 Å². The molecule has 0 saturated heterocycles. The van der Waals surface area contributed by atoms with E-state index in [-0.39, 0.29) is 6.04 Å². The number of nitrogens with two attached hydrogens (primary N) is 1. The summed E-state index contributed by atoms with van der Waals surface area (Å²) in [4.78, 5) is 2.05. The standard InChI is InChI=1S/C13H19F3N2/c1-10(17)7-8-18(2)9-11-3-5-12(6-4-11)13(14,15)16/h3-6,10H,7-9,17H2,1-2H3. The first-order valence-electron chi connectivity index (χ1n) is 5.89. The van der Waals surface area contributed by atoms with E-state index in [1.54, 1.807) is 0 Å². The van der Waals surface area contributed by atoms with Gasteiger partial charge in [0.25, 0.3) is 0 Å². The van der Waals surface area contributed by atoms with E-state index in [1.165, 1.54) is 12.1 Å². The molecule has 2 N–H and O–H groups in total. The van der Waals surface area contributed by atoms with E-state index in [0.29, 0.717) is 6.54 Å². The number of rotatable bonds is 5. The summed E-state index contributed by atoms with van der Waals surface area (Å²) < 4.78 is 37.1. The number of halogens is 3. The molecule has 2 nitrogen and oxygen atoms in total. The monoisotopic (exact) mass is 260 g/mol. The molecule has 0 heterocycles. The van der Waals surface area contributed by atoms with Crippen LogP contribution < -0.4 is 5.73 Å². The van der Waals surface area contributed by atoms with E-state index in [2.05, 4.69) is 0 Å². The summed E-state index contributed by atoms with van der Waals surface area (Å²) in [7, 11) is 1.93. The van der Waals surface area contributed by atoms with Gasteiger partial charge < -0.3 is 10.6 Å². The molecule has 102 valence electrons. The summed E-state index contributed by atoms with van der Waals surface area (Å²) in [6, 6.07) is 5.42. The molecule has 0 spiro atoms. The van der Waals surface area contributed by atoms with Gasteiger partial charge >= 0.3 is 6.18 Å². The summed E-state index contributed by atoms with van der Waals surface area (Å²) in [6.07, 6.45) is -3.39. The Labute approximate surface area is 106 Å². The Kier molecular flexibility index (Phi) is 5.16. The minimum atomic E-state index is -4.26. The molecule has 0 aromatic heterocycles. The fourth-order valence-electron chi connectivity index (χ4n) is 1.61. The SMILES string of the molecule is CC(N)CCN(C)Cc1ccc(C(F)(F)F)cc1. The molecule has 0 amide bonds. The van der Waals surface area contributed by atoms with Crippen LogP contribution in [0.4, 0.5) is 13.2 Å². The molecule has 0 aliphatic rings. The Morgan fingerprint density at radius 3 is 2.22 bits per heavy atom. The summed E-state index contributed by atoms with van der Waals surface area (Å²) in [6.45, 7) is 3.40. The van der Waals surface area contributed by atoms with Crippen molar-refractivity contribution >= 4 is 0 Å². The van der Waals surface area contributed by atoms with Crippen LogP contribution in [0.5, 0.6) is 0 Å². The van der Waals surface area contributed by atoms with Crippen molar-refractivity contribution in [3.63, 3.8) is 0 Å². The van der Waals surface area contributed by atoms with Gasteiger partial charge in [-0.25, -0.2) is 0 Å². The average molecular weight is 260 g/mol. The van der Waals surface area contributed by atoms with Crippen molar-refractivity contribution in [3.8, 4) is 0 Å². The van der Waals surface area contributed by atoms with Gasteiger partial charge in [0.1, 0.15) is 0 Å². The molecule has 1 aromatic rings. The maximum Gasteiger partial charge on any atom is 0.416 e. The van der Waals surface area contributed by atoms with Gasteiger partial charge in [-0.3, -0.25) is 0 Å². The highest BCUT2D eigenvalue weighted by molar-refractivity contribution is 5.24. The van der Waals surface area contributed by atoms with Crippen molar-refractivity contribution < 1.29 is 13.2 Å².